The zero-order valence-electron chi connectivity index (χ0n) is 12.9. The summed E-state index contributed by atoms with van der Waals surface area (Å²) in [4.78, 5) is 11.2. The van der Waals surface area contributed by atoms with E-state index in [1.165, 1.54) is 31.2 Å². The van der Waals surface area contributed by atoms with Crippen molar-refractivity contribution in [3.8, 4) is 0 Å². The highest BCUT2D eigenvalue weighted by molar-refractivity contribution is 7.89. The highest BCUT2D eigenvalue weighted by atomic mass is 32.2. The number of aliphatic hydroxyl groups excluding tert-OH is 1. The summed E-state index contributed by atoms with van der Waals surface area (Å²) < 4.78 is 26.5. The van der Waals surface area contributed by atoms with Gasteiger partial charge in [0, 0.05) is 12.1 Å². The minimum atomic E-state index is -3.67. The molecule has 0 heterocycles. The fourth-order valence-corrected chi connectivity index (χ4v) is 3.01. The van der Waals surface area contributed by atoms with E-state index in [4.69, 9.17) is 0 Å². The Morgan fingerprint density at radius 1 is 1.24 bits per heavy atom. The van der Waals surface area contributed by atoms with E-state index in [1.807, 2.05) is 20.8 Å². The topological polar surface area (TPSA) is 83.5 Å². The first-order valence-electron chi connectivity index (χ1n) is 6.80. The van der Waals surface area contributed by atoms with E-state index in [0.29, 0.717) is 12.0 Å². The van der Waals surface area contributed by atoms with Crippen LogP contribution in [0.2, 0.25) is 0 Å². The summed E-state index contributed by atoms with van der Waals surface area (Å²) >= 11 is 0. The third kappa shape index (κ3) is 5.95. The van der Waals surface area contributed by atoms with Crippen molar-refractivity contribution < 1.29 is 18.3 Å². The Morgan fingerprint density at radius 3 is 2.19 bits per heavy atom. The second-order valence-corrected chi connectivity index (χ2v) is 8.12. The van der Waals surface area contributed by atoms with Gasteiger partial charge in [-0.1, -0.05) is 32.9 Å². The molecule has 0 aliphatic heterocycles. The normalized spacial score (nSPS) is 14.0. The second-order valence-electron chi connectivity index (χ2n) is 6.35. The number of rotatable bonds is 6. The molecule has 0 saturated carbocycles. The van der Waals surface area contributed by atoms with Crippen LogP contribution < -0.4 is 4.72 Å². The Morgan fingerprint density at radius 2 is 1.76 bits per heavy atom. The standard InChI is InChI=1S/C15H23NO4S/c1-11(17)12-5-7-14(8-6-12)21(19,20)16-10-13(18)9-15(2,3)4/h5-8,13,16,18H,9-10H2,1-4H3. The van der Waals surface area contributed by atoms with E-state index >= 15 is 0 Å². The summed E-state index contributed by atoms with van der Waals surface area (Å²) in [5.74, 6) is -0.118. The molecule has 21 heavy (non-hydrogen) atoms. The van der Waals surface area contributed by atoms with Crippen LogP contribution >= 0.6 is 0 Å². The molecule has 0 radical (unpaired) electrons. The third-order valence-corrected chi connectivity index (χ3v) is 4.37. The predicted octanol–water partition coefficient (Wildman–Crippen LogP) is 1.96. The van der Waals surface area contributed by atoms with Gasteiger partial charge in [-0.05, 0) is 30.9 Å². The average molecular weight is 313 g/mol. The molecule has 0 fully saturated rings. The number of ketones is 1. The summed E-state index contributed by atoms with van der Waals surface area (Å²) in [5.41, 5.74) is 0.385. The quantitative estimate of drug-likeness (QED) is 0.786. The molecule has 1 aromatic carbocycles. The zero-order valence-corrected chi connectivity index (χ0v) is 13.7. The Balaban J connectivity index is 2.71. The molecule has 5 nitrogen and oxygen atoms in total. The van der Waals surface area contributed by atoms with Gasteiger partial charge < -0.3 is 5.11 Å². The van der Waals surface area contributed by atoms with Gasteiger partial charge >= 0.3 is 0 Å². The molecule has 0 saturated heterocycles. The Hall–Kier alpha value is -1.24. The van der Waals surface area contributed by atoms with Gasteiger partial charge in [0.25, 0.3) is 0 Å². The molecule has 0 aromatic heterocycles. The second kappa shape index (κ2) is 6.68. The first-order chi connectivity index (χ1) is 9.51. The van der Waals surface area contributed by atoms with Gasteiger partial charge in [-0.2, -0.15) is 0 Å². The number of nitrogens with one attached hydrogen (secondary N) is 1. The number of benzene rings is 1. The fourth-order valence-electron chi connectivity index (χ4n) is 1.94. The first kappa shape index (κ1) is 17.8. The lowest BCUT2D eigenvalue weighted by atomic mass is 9.89. The van der Waals surface area contributed by atoms with Gasteiger partial charge in [0.05, 0.1) is 11.0 Å². The van der Waals surface area contributed by atoms with E-state index in [9.17, 15) is 18.3 Å². The van der Waals surface area contributed by atoms with Gasteiger partial charge in [-0.25, -0.2) is 13.1 Å². The van der Waals surface area contributed by atoms with Gasteiger partial charge in [0.2, 0.25) is 10.0 Å². The molecule has 1 aromatic rings. The maximum atomic E-state index is 12.1. The molecule has 0 amide bonds. The molecule has 2 N–H and O–H groups in total. The van der Waals surface area contributed by atoms with Gasteiger partial charge in [-0.3, -0.25) is 4.79 Å². The monoisotopic (exact) mass is 313 g/mol. The van der Waals surface area contributed by atoms with Crippen LogP contribution in [0.15, 0.2) is 29.2 Å². The molecule has 6 heteroatoms. The predicted molar refractivity (Wildman–Crippen MR) is 81.7 cm³/mol. The van der Waals surface area contributed by atoms with Crippen molar-refractivity contribution in [3.63, 3.8) is 0 Å². The molecule has 0 bridgehead atoms. The lowest BCUT2D eigenvalue weighted by Crippen LogP contribution is -2.34. The molecule has 1 rings (SSSR count). The van der Waals surface area contributed by atoms with Crippen LogP contribution in [-0.2, 0) is 10.0 Å². The van der Waals surface area contributed by atoms with Crippen molar-refractivity contribution >= 4 is 15.8 Å². The SMILES string of the molecule is CC(=O)c1ccc(S(=O)(=O)NCC(O)CC(C)(C)C)cc1. The zero-order chi connectivity index (χ0) is 16.3. The highest BCUT2D eigenvalue weighted by Crippen LogP contribution is 2.20. The number of hydrogen-bond acceptors (Lipinski definition) is 4. The molecule has 0 aliphatic carbocycles. The number of sulfonamides is 1. The molecule has 1 atom stereocenters. The van der Waals surface area contributed by atoms with E-state index in [2.05, 4.69) is 4.72 Å². The Labute approximate surface area is 126 Å². The molecule has 1 unspecified atom stereocenters. The third-order valence-electron chi connectivity index (χ3n) is 2.93. The van der Waals surface area contributed by atoms with Crippen molar-refractivity contribution in [1.29, 1.82) is 0 Å². The number of aliphatic hydroxyl groups is 1. The molecule has 118 valence electrons. The van der Waals surface area contributed by atoms with Gasteiger partial charge in [-0.15, -0.1) is 0 Å². The Kier molecular flexibility index (Phi) is 5.67. The van der Waals surface area contributed by atoms with Crippen LogP contribution in [0.1, 0.15) is 44.5 Å². The highest BCUT2D eigenvalue weighted by Gasteiger charge is 2.20. The molecule has 0 spiro atoms. The van der Waals surface area contributed by atoms with Crippen LogP contribution in [0.3, 0.4) is 0 Å². The van der Waals surface area contributed by atoms with Crippen LogP contribution in [0.25, 0.3) is 0 Å². The van der Waals surface area contributed by atoms with E-state index in [-0.39, 0.29) is 22.6 Å². The number of Topliss-reactive ketones (excluding diaryl/α,β-unsaturated/α-hetero) is 1. The van der Waals surface area contributed by atoms with E-state index in [0.717, 1.165) is 0 Å². The maximum absolute atomic E-state index is 12.1. The fraction of sp³-hybridized carbons (Fsp3) is 0.533. The van der Waals surface area contributed by atoms with Gasteiger partial charge in [0.1, 0.15) is 0 Å². The maximum Gasteiger partial charge on any atom is 0.240 e. The molecular formula is C15H23NO4S. The molecular weight excluding hydrogens is 290 g/mol. The lowest BCUT2D eigenvalue weighted by molar-refractivity contribution is 0.101. The van der Waals surface area contributed by atoms with Crippen molar-refractivity contribution in [2.75, 3.05) is 6.54 Å². The summed E-state index contributed by atoms with van der Waals surface area (Å²) in [7, 11) is -3.67. The van der Waals surface area contributed by atoms with Gasteiger partial charge in [0.15, 0.2) is 5.78 Å². The van der Waals surface area contributed by atoms with Crippen molar-refractivity contribution in [2.45, 2.75) is 45.1 Å². The van der Waals surface area contributed by atoms with E-state index < -0.39 is 16.1 Å². The molecule has 0 aliphatic rings. The Bertz CT molecular complexity index is 585. The smallest absolute Gasteiger partial charge is 0.240 e. The number of hydrogen-bond donors (Lipinski definition) is 2. The minimum Gasteiger partial charge on any atom is -0.392 e. The summed E-state index contributed by atoms with van der Waals surface area (Å²) in [5, 5.41) is 9.84. The first-order valence-corrected chi connectivity index (χ1v) is 8.28. The largest absolute Gasteiger partial charge is 0.392 e. The lowest BCUT2D eigenvalue weighted by Gasteiger charge is -2.22. The van der Waals surface area contributed by atoms with Crippen LogP contribution in [0, 0.1) is 5.41 Å². The summed E-state index contributed by atoms with van der Waals surface area (Å²) in [6.07, 6.45) is -0.241. The van der Waals surface area contributed by atoms with Crippen LogP contribution in [-0.4, -0.2) is 32.0 Å². The van der Waals surface area contributed by atoms with Crippen LogP contribution in [0.5, 0.6) is 0 Å². The van der Waals surface area contributed by atoms with Crippen molar-refractivity contribution in [2.24, 2.45) is 5.41 Å². The van der Waals surface area contributed by atoms with Crippen molar-refractivity contribution in [1.82, 2.24) is 4.72 Å². The summed E-state index contributed by atoms with van der Waals surface area (Å²) in [6, 6.07) is 5.72. The number of carbonyl (C=O) groups excluding carboxylic acids is 1. The summed E-state index contributed by atoms with van der Waals surface area (Å²) in [6.45, 7) is 7.32. The van der Waals surface area contributed by atoms with E-state index in [1.54, 1.807) is 0 Å². The number of carbonyl (C=O) groups is 1. The van der Waals surface area contributed by atoms with Crippen LogP contribution in [0.4, 0.5) is 0 Å². The van der Waals surface area contributed by atoms with Crippen molar-refractivity contribution in [3.05, 3.63) is 29.8 Å². The minimum absolute atomic E-state index is 0.0337. The average Bonchev–Trinajstić information content (AvgIpc) is 2.34.